The molecule has 1 atom stereocenters. The maximum absolute atomic E-state index is 11.2. The Bertz CT molecular complexity index is 263. The highest BCUT2D eigenvalue weighted by molar-refractivity contribution is 5.74. The van der Waals surface area contributed by atoms with E-state index in [9.17, 15) is 14.7 Å². The van der Waals surface area contributed by atoms with E-state index in [1.165, 1.54) is 0 Å². The summed E-state index contributed by atoms with van der Waals surface area (Å²) in [6.45, 7) is 3.83. The minimum absolute atomic E-state index is 0.239. The summed E-state index contributed by atoms with van der Waals surface area (Å²) in [5.41, 5.74) is -0.587. The van der Waals surface area contributed by atoms with Crippen LogP contribution in [0.5, 0.6) is 0 Å². The molecule has 18 heavy (non-hydrogen) atoms. The molecule has 4 heteroatoms. The van der Waals surface area contributed by atoms with Gasteiger partial charge < -0.3 is 10.2 Å². The number of aliphatic carboxylic acids is 2. The lowest BCUT2D eigenvalue weighted by atomic mass is 9.80. The highest BCUT2D eigenvalue weighted by atomic mass is 16.4. The number of hydrogen-bond donors (Lipinski definition) is 2. The first-order valence-electron chi connectivity index (χ1n) is 6.87. The number of hydrogen-bond acceptors (Lipinski definition) is 2. The molecule has 0 bridgehead atoms. The van der Waals surface area contributed by atoms with E-state index in [4.69, 9.17) is 5.11 Å². The number of unbranched alkanes of at least 4 members (excludes halogenated alkanes) is 4. The van der Waals surface area contributed by atoms with Crippen LogP contribution in [0.3, 0.4) is 0 Å². The molecule has 106 valence electrons. The molecule has 0 aromatic rings. The molecule has 0 aromatic heterocycles. The van der Waals surface area contributed by atoms with Crippen LogP contribution < -0.4 is 0 Å². The Morgan fingerprint density at radius 2 is 1.50 bits per heavy atom. The van der Waals surface area contributed by atoms with Crippen molar-refractivity contribution < 1.29 is 19.8 Å². The summed E-state index contributed by atoms with van der Waals surface area (Å²) in [7, 11) is 0. The molecule has 0 heterocycles. The highest BCUT2D eigenvalue weighted by Gasteiger charge is 2.31. The zero-order valence-corrected chi connectivity index (χ0v) is 11.6. The average molecular weight is 258 g/mol. The average Bonchev–Trinajstić information content (AvgIpc) is 2.27. The first-order valence-corrected chi connectivity index (χ1v) is 6.87. The number of carboxylic acids is 2. The van der Waals surface area contributed by atoms with Crippen LogP contribution >= 0.6 is 0 Å². The fourth-order valence-electron chi connectivity index (χ4n) is 2.21. The summed E-state index contributed by atoms with van der Waals surface area (Å²) in [5.74, 6) is -1.44. The molecule has 0 amide bonds. The molecule has 0 aromatic carbocycles. The maximum atomic E-state index is 11.2. The fraction of sp³-hybridized carbons (Fsp3) is 0.857. The van der Waals surface area contributed by atoms with Gasteiger partial charge >= 0.3 is 11.9 Å². The van der Waals surface area contributed by atoms with Gasteiger partial charge in [0.05, 0.1) is 5.41 Å². The van der Waals surface area contributed by atoms with Crippen LogP contribution in [0.1, 0.15) is 71.6 Å². The Morgan fingerprint density at radius 3 is 2.00 bits per heavy atom. The maximum Gasteiger partial charge on any atom is 0.309 e. The Hall–Kier alpha value is -1.06. The summed E-state index contributed by atoms with van der Waals surface area (Å²) in [4.78, 5) is 21.5. The Balaban J connectivity index is 3.68. The zero-order chi connectivity index (χ0) is 14.0. The second-order valence-electron chi connectivity index (χ2n) is 5.28. The van der Waals surface area contributed by atoms with Gasteiger partial charge in [0.15, 0.2) is 0 Å². The van der Waals surface area contributed by atoms with Crippen molar-refractivity contribution in [1.29, 1.82) is 0 Å². The topological polar surface area (TPSA) is 74.6 Å². The van der Waals surface area contributed by atoms with E-state index < -0.39 is 17.4 Å². The van der Waals surface area contributed by atoms with E-state index in [1.807, 2.05) is 13.8 Å². The molecule has 0 radical (unpaired) electrons. The van der Waals surface area contributed by atoms with Gasteiger partial charge in [-0.2, -0.15) is 0 Å². The van der Waals surface area contributed by atoms with E-state index in [0.717, 1.165) is 51.4 Å². The van der Waals surface area contributed by atoms with Crippen molar-refractivity contribution in [2.75, 3.05) is 0 Å². The third kappa shape index (κ3) is 7.30. The van der Waals surface area contributed by atoms with Gasteiger partial charge in [-0.3, -0.25) is 9.59 Å². The number of rotatable bonds is 11. The van der Waals surface area contributed by atoms with Gasteiger partial charge in [0.25, 0.3) is 0 Å². The summed E-state index contributed by atoms with van der Waals surface area (Å²) in [5, 5.41) is 17.7. The monoisotopic (exact) mass is 258 g/mol. The van der Waals surface area contributed by atoms with Gasteiger partial charge in [-0.25, -0.2) is 0 Å². The van der Waals surface area contributed by atoms with Gasteiger partial charge in [-0.15, -0.1) is 0 Å². The van der Waals surface area contributed by atoms with Crippen LogP contribution in [0, 0.1) is 5.41 Å². The van der Waals surface area contributed by atoms with Crippen LogP contribution in [0.15, 0.2) is 0 Å². The highest BCUT2D eigenvalue weighted by Crippen LogP contribution is 2.30. The van der Waals surface area contributed by atoms with Gasteiger partial charge in [-0.1, -0.05) is 39.0 Å². The largest absolute Gasteiger partial charge is 0.481 e. The second-order valence-corrected chi connectivity index (χ2v) is 5.28. The summed E-state index contributed by atoms with van der Waals surface area (Å²) in [6, 6.07) is 0. The SMILES string of the molecule is CCCC(C)(CCCCCCCC(=O)O)C(=O)O. The molecule has 0 saturated heterocycles. The third-order valence-electron chi connectivity index (χ3n) is 3.44. The standard InChI is InChI=1S/C14H26O4/c1-3-10-14(2,13(17)18)11-8-6-4-5-7-9-12(15)16/h3-11H2,1-2H3,(H,15,16)(H,17,18). The molecule has 0 saturated carbocycles. The van der Waals surface area contributed by atoms with Crippen molar-refractivity contribution in [3.8, 4) is 0 Å². The van der Waals surface area contributed by atoms with Crippen molar-refractivity contribution in [3.05, 3.63) is 0 Å². The lowest BCUT2D eigenvalue weighted by Crippen LogP contribution is -2.27. The lowest BCUT2D eigenvalue weighted by molar-refractivity contribution is -0.149. The van der Waals surface area contributed by atoms with Crippen LogP contribution in [0.4, 0.5) is 0 Å². The van der Waals surface area contributed by atoms with Crippen molar-refractivity contribution >= 4 is 11.9 Å². The van der Waals surface area contributed by atoms with Crippen LogP contribution in [0.2, 0.25) is 0 Å². The van der Waals surface area contributed by atoms with Crippen molar-refractivity contribution in [2.45, 2.75) is 71.6 Å². The zero-order valence-electron chi connectivity index (χ0n) is 11.6. The van der Waals surface area contributed by atoms with E-state index in [-0.39, 0.29) is 6.42 Å². The first-order chi connectivity index (χ1) is 8.42. The minimum atomic E-state index is -0.739. The minimum Gasteiger partial charge on any atom is -0.481 e. The van der Waals surface area contributed by atoms with Crippen LogP contribution in [-0.2, 0) is 9.59 Å². The van der Waals surface area contributed by atoms with Crippen molar-refractivity contribution in [3.63, 3.8) is 0 Å². The van der Waals surface area contributed by atoms with E-state index >= 15 is 0 Å². The quantitative estimate of drug-likeness (QED) is 0.554. The van der Waals surface area contributed by atoms with E-state index in [1.54, 1.807) is 0 Å². The summed E-state index contributed by atoms with van der Waals surface area (Å²) < 4.78 is 0. The molecule has 1 unspecified atom stereocenters. The summed E-state index contributed by atoms with van der Waals surface area (Å²) >= 11 is 0. The molecule has 2 N–H and O–H groups in total. The van der Waals surface area contributed by atoms with Gasteiger partial charge in [0.1, 0.15) is 0 Å². The predicted octanol–water partition coefficient (Wildman–Crippen LogP) is 3.69. The molecular formula is C14H26O4. The number of carboxylic acid groups (broad SMARTS) is 2. The predicted molar refractivity (Wildman–Crippen MR) is 70.6 cm³/mol. The molecule has 0 aliphatic carbocycles. The molecule has 0 aliphatic rings. The fourth-order valence-corrected chi connectivity index (χ4v) is 2.21. The van der Waals surface area contributed by atoms with E-state index in [2.05, 4.69) is 0 Å². The number of carbonyl (C=O) groups is 2. The Kier molecular flexibility index (Phi) is 8.42. The molecule has 0 spiro atoms. The lowest BCUT2D eigenvalue weighted by Gasteiger charge is -2.24. The van der Waals surface area contributed by atoms with Gasteiger partial charge in [0, 0.05) is 6.42 Å². The second kappa shape index (κ2) is 8.95. The Morgan fingerprint density at radius 1 is 0.944 bits per heavy atom. The first kappa shape index (κ1) is 16.9. The molecule has 0 rings (SSSR count). The van der Waals surface area contributed by atoms with Crippen molar-refractivity contribution in [2.24, 2.45) is 5.41 Å². The van der Waals surface area contributed by atoms with Crippen LogP contribution in [0.25, 0.3) is 0 Å². The molecular weight excluding hydrogens is 232 g/mol. The van der Waals surface area contributed by atoms with Gasteiger partial charge in [0.2, 0.25) is 0 Å². The third-order valence-corrected chi connectivity index (χ3v) is 3.44. The van der Waals surface area contributed by atoms with E-state index in [0.29, 0.717) is 0 Å². The summed E-state index contributed by atoms with van der Waals surface area (Å²) in [6.07, 6.45) is 7.11. The molecule has 0 fully saturated rings. The smallest absolute Gasteiger partial charge is 0.309 e. The van der Waals surface area contributed by atoms with Gasteiger partial charge in [-0.05, 0) is 26.2 Å². The Labute approximate surface area is 109 Å². The van der Waals surface area contributed by atoms with Crippen molar-refractivity contribution in [1.82, 2.24) is 0 Å². The van der Waals surface area contributed by atoms with Crippen LogP contribution in [-0.4, -0.2) is 22.2 Å². The normalized spacial score (nSPS) is 14.1. The molecule has 0 aliphatic heterocycles. The molecule has 4 nitrogen and oxygen atoms in total.